The van der Waals surface area contributed by atoms with Crippen molar-refractivity contribution in [1.29, 1.82) is 0 Å². The normalized spacial score (nSPS) is 24.0. The summed E-state index contributed by atoms with van der Waals surface area (Å²) < 4.78 is 11.1. The molecule has 0 bridgehead atoms. The predicted molar refractivity (Wildman–Crippen MR) is 109 cm³/mol. The molecule has 3 rings (SSSR count). The predicted octanol–water partition coefficient (Wildman–Crippen LogP) is 4.46. The van der Waals surface area contributed by atoms with Crippen molar-refractivity contribution in [3.63, 3.8) is 0 Å². The molecule has 1 aliphatic heterocycles. The van der Waals surface area contributed by atoms with Crippen LogP contribution < -0.4 is 4.74 Å². The van der Waals surface area contributed by atoms with Gasteiger partial charge in [-0.15, -0.1) is 0 Å². The van der Waals surface area contributed by atoms with Crippen LogP contribution in [0.1, 0.15) is 58.9 Å². The van der Waals surface area contributed by atoms with E-state index < -0.39 is 11.8 Å². The van der Waals surface area contributed by atoms with E-state index in [4.69, 9.17) is 14.5 Å². The van der Waals surface area contributed by atoms with E-state index >= 15 is 0 Å². The zero-order valence-corrected chi connectivity index (χ0v) is 17.5. The molecular formula is C23H29NO4. The van der Waals surface area contributed by atoms with Crippen LogP contribution in [0, 0.1) is 11.3 Å². The number of hydrogen-bond donors (Lipinski definition) is 0. The molecule has 0 saturated heterocycles. The Morgan fingerprint density at radius 3 is 2.54 bits per heavy atom. The summed E-state index contributed by atoms with van der Waals surface area (Å²) in [5.74, 6) is -0.716. The fourth-order valence-corrected chi connectivity index (χ4v) is 4.32. The van der Waals surface area contributed by atoms with Crippen LogP contribution in [-0.4, -0.2) is 30.7 Å². The van der Waals surface area contributed by atoms with Crippen LogP contribution in [0.4, 0.5) is 0 Å². The summed E-state index contributed by atoms with van der Waals surface area (Å²) in [6, 6.07) is 7.57. The molecule has 150 valence electrons. The maximum absolute atomic E-state index is 13.2. The molecule has 0 saturated carbocycles. The zero-order chi connectivity index (χ0) is 20.6. The zero-order valence-electron chi connectivity index (χ0n) is 17.5. The molecule has 5 heteroatoms. The van der Waals surface area contributed by atoms with Crippen LogP contribution in [-0.2, 0) is 14.3 Å². The number of carbonyl (C=O) groups is 2. The number of benzene rings is 1. The molecule has 0 amide bonds. The number of ketones is 1. The highest BCUT2D eigenvalue weighted by atomic mass is 16.5. The first kappa shape index (κ1) is 20.3. The SMILES string of the molecule is COc1ccccc1[C@H]1C2=C(CC(C)(C)CC2=O)N=C(C)C1C(=O)OC(C)C. The number of allylic oxidation sites excluding steroid dienone is 2. The van der Waals surface area contributed by atoms with Crippen molar-refractivity contribution >= 4 is 17.5 Å². The van der Waals surface area contributed by atoms with E-state index in [9.17, 15) is 9.59 Å². The van der Waals surface area contributed by atoms with Crippen molar-refractivity contribution in [3.8, 4) is 5.75 Å². The average molecular weight is 383 g/mol. The number of para-hydroxylation sites is 1. The first-order valence-electron chi connectivity index (χ1n) is 9.79. The Bertz CT molecular complexity index is 863. The standard InChI is InChI=1S/C23H29NO4/c1-13(2)28-22(26)19-14(3)24-16-11-23(4,5)12-17(25)21(16)20(19)15-9-7-8-10-18(15)27-6/h7-10,13,19-20H,11-12H2,1-6H3/t19?,20-/m1/s1. The highest BCUT2D eigenvalue weighted by molar-refractivity contribution is 6.09. The van der Waals surface area contributed by atoms with Gasteiger partial charge in [0.05, 0.1) is 13.2 Å². The third-order valence-corrected chi connectivity index (χ3v) is 5.38. The van der Waals surface area contributed by atoms with Crippen LogP contribution in [0.2, 0.25) is 0 Å². The number of Topliss-reactive ketones (excluding diaryl/α,β-unsaturated/α-hetero) is 1. The van der Waals surface area contributed by atoms with Gasteiger partial charge in [-0.05, 0) is 38.7 Å². The molecule has 1 unspecified atom stereocenters. The number of ether oxygens (including phenoxy) is 2. The average Bonchev–Trinajstić information content (AvgIpc) is 2.58. The lowest BCUT2D eigenvalue weighted by Gasteiger charge is -2.39. The maximum atomic E-state index is 13.2. The van der Waals surface area contributed by atoms with Crippen LogP contribution in [0.3, 0.4) is 0 Å². The Hall–Kier alpha value is -2.43. The molecule has 0 N–H and O–H groups in total. The molecule has 5 nitrogen and oxygen atoms in total. The van der Waals surface area contributed by atoms with E-state index in [0.29, 0.717) is 29.9 Å². The number of carbonyl (C=O) groups excluding carboxylic acids is 2. The summed E-state index contributed by atoms with van der Waals surface area (Å²) in [6.07, 6.45) is 0.913. The Morgan fingerprint density at radius 2 is 1.89 bits per heavy atom. The summed E-state index contributed by atoms with van der Waals surface area (Å²) in [5.41, 5.74) is 2.80. The summed E-state index contributed by atoms with van der Waals surface area (Å²) in [6.45, 7) is 9.66. The van der Waals surface area contributed by atoms with Gasteiger partial charge in [0.15, 0.2) is 5.78 Å². The van der Waals surface area contributed by atoms with Crippen molar-refractivity contribution in [2.24, 2.45) is 16.3 Å². The molecule has 1 aliphatic carbocycles. The molecule has 0 aromatic heterocycles. The van der Waals surface area contributed by atoms with Gasteiger partial charge in [0.2, 0.25) is 0 Å². The van der Waals surface area contributed by atoms with Crippen LogP contribution in [0.5, 0.6) is 5.75 Å². The minimum Gasteiger partial charge on any atom is -0.496 e. The first-order chi connectivity index (χ1) is 13.1. The minimum atomic E-state index is -0.636. The smallest absolute Gasteiger partial charge is 0.315 e. The monoisotopic (exact) mass is 383 g/mol. The molecule has 2 atom stereocenters. The van der Waals surface area contributed by atoms with E-state index in [0.717, 1.165) is 11.3 Å². The highest BCUT2D eigenvalue weighted by Gasteiger charge is 2.46. The molecule has 2 aliphatic rings. The fraction of sp³-hybridized carbons (Fsp3) is 0.522. The molecule has 0 fully saturated rings. The summed E-state index contributed by atoms with van der Waals surface area (Å²) >= 11 is 0. The molecule has 28 heavy (non-hydrogen) atoms. The second-order valence-corrected chi connectivity index (χ2v) is 8.74. The first-order valence-corrected chi connectivity index (χ1v) is 9.79. The maximum Gasteiger partial charge on any atom is 0.315 e. The topological polar surface area (TPSA) is 65.0 Å². The number of esters is 1. The van der Waals surface area contributed by atoms with E-state index in [1.54, 1.807) is 7.11 Å². The number of nitrogens with zero attached hydrogens (tertiary/aromatic N) is 1. The lowest BCUT2D eigenvalue weighted by molar-refractivity contribution is -0.150. The van der Waals surface area contributed by atoms with Crippen LogP contribution in [0.15, 0.2) is 40.5 Å². The van der Waals surface area contributed by atoms with Gasteiger partial charge in [-0.2, -0.15) is 0 Å². The summed E-state index contributed by atoms with van der Waals surface area (Å²) in [4.78, 5) is 31.0. The van der Waals surface area contributed by atoms with Crippen molar-refractivity contribution in [3.05, 3.63) is 41.1 Å². The van der Waals surface area contributed by atoms with Gasteiger partial charge in [0, 0.05) is 34.9 Å². The second-order valence-electron chi connectivity index (χ2n) is 8.74. The number of rotatable bonds is 4. The lowest BCUT2D eigenvalue weighted by Crippen LogP contribution is -2.40. The van der Waals surface area contributed by atoms with E-state index in [2.05, 4.69) is 13.8 Å². The quantitative estimate of drug-likeness (QED) is 0.720. The number of aliphatic imine (C=N–C) groups is 1. The van der Waals surface area contributed by atoms with Crippen molar-refractivity contribution in [2.45, 2.75) is 59.5 Å². The molecule has 1 heterocycles. The number of hydrogen-bond acceptors (Lipinski definition) is 5. The number of methoxy groups -OCH3 is 1. The fourth-order valence-electron chi connectivity index (χ4n) is 4.32. The molecule has 0 radical (unpaired) electrons. The van der Waals surface area contributed by atoms with Gasteiger partial charge in [-0.25, -0.2) is 0 Å². The highest BCUT2D eigenvalue weighted by Crippen LogP contribution is 2.49. The van der Waals surface area contributed by atoms with Gasteiger partial charge in [-0.1, -0.05) is 32.0 Å². The Balaban J connectivity index is 2.20. The molecular weight excluding hydrogens is 354 g/mol. The largest absolute Gasteiger partial charge is 0.496 e. The van der Waals surface area contributed by atoms with E-state index in [-0.39, 0.29) is 23.3 Å². The molecule has 1 aromatic rings. The Morgan fingerprint density at radius 1 is 1.21 bits per heavy atom. The van der Waals surface area contributed by atoms with Crippen molar-refractivity contribution in [1.82, 2.24) is 0 Å². The second kappa shape index (κ2) is 7.53. The molecule has 0 spiro atoms. The Labute approximate surface area is 166 Å². The summed E-state index contributed by atoms with van der Waals surface area (Å²) in [5, 5.41) is 0. The van der Waals surface area contributed by atoms with E-state index in [1.807, 2.05) is 45.0 Å². The van der Waals surface area contributed by atoms with Crippen molar-refractivity contribution in [2.75, 3.05) is 7.11 Å². The minimum absolute atomic E-state index is 0.0563. The van der Waals surface area contributed by atoms with Crippen LogP contribution >= 0.6 is 0 Å². The van der Waals surface area contributed by atoms with Gasteiger partial charge in [0.1, 0.15) is 11.7 Å². The molecule has 1 aromatic carbocycles. The Kier molecular flexibility index (Phi) is 5.46. The van der Waals surface area contributed by atoms with Gasteiger partial charge in [-0.3, -0.25) is 14.6 Å². The van der Waals surface area contributed by atoms with Gasteiger partial charge < -0.3 is 9.47 Å². The van der Waals surface area contributed by atoms with Gasteiger partial charge in [0.25, 0.3) is 0 Å². The summed E-state index contributed by atoms with van der Waals surface area (Å²) in [7, 11) is 1.60. The lowest BCUT2D eigenvalue weighted by atomic mass is 9.66. The third kappa shape index (κ3) is 3.75. The van der Waals surface area contributed by atoms with Crippen molar-refractivity contribution < 1.29 is 19.1 Å². The van der Waals surface area contributed by atoms with E-state index in [1.165, 1.54) is 0 Å². The third-order valence-electron chi connectivity index (χ3n) is 5.38. The van der Waals surface area contributed by atoms with Crippen LogP contribution in [0.25, 0.3) is 0 Å². The van der Waals surface area contributed by atoms with Gasteiger partial charge >= 0.3 is 5.97 Å².